The van der Waals surface area contributed by atoms with Crippen molar-refractivity contribution < 1.29 is 4.79 Å². The molecule has 7 heteroatoms. The van der Waals surface area contributed by atoms with Crippen molar-refractivity contribution in [3.05, 3.63) is 63.1 Å². The van der Waals surface area contributed by atoms with E-state index in [0.717, 1.165) is 0 Å². The molecule has 0 amide bonds. The second-order valence-corrected chi connectivity index (χ2v) is 4.65. The molecule has 7 nitrogen and oxygen atoms in total. The van der Waals surface area contributed by atoms with Crippen molar-refractivity contribution in [1.82, 2.24) is 19.1 Å². The van der Waals surface area contributed by atoms with Gasteiger partial charge in [-0.1, -0.05) is 30.3 Å². The van der Waals surface area contributed by atoms with Crippen molar-refractivity contribution in [2.24, 2.45) is 7.05 Å². The molecule has 0 spiro atoms. The first-order valence-electron chi connectivity index (χ1n) is 6.30. The highest BCUT2D eigenvalue weighted by molar-refractivity contribution is 5.96. The first-order valence-corrected chi connectivity index (χ1v) is 6.30. The van der Waals surface area contributed by atoms with Crippen LogP contribution in [0.5, 0.6) is 0 Å². The Labute approximate surface area is 118 Å². The van der Waals surface area contributed by atoms with Crippen LogP contribution in [0.3, 0.4) is 0 Å². The Bertz CT molecular complexity index is 934. The van der Waals surface area contributed by atoms with Gasteiger partial charge in [-0.25, -0.2) is 9.78 Å². The Morgan fingerprint density at radius 2 is 1.95 bits per heavy atom. The van der Waals surface area contributed by atoms with Gasteiger partial charge in [-0.05, 0) is 0 Å². The van der Waals surface area contributed by atoms with Crippen LogP contribution in [-0.2, 0) is 13.6 Å². The van der Waals surface area contributed by atoms with Crippen molar-refractivity contribution in [2.75, 3.05) is 0 Å². The maximum absolute atomic E-state index is 12.2. The zero-order chi connectivity index (χ0) is 15.0. The number of rotatable bonds is 3. The molecular formula is C14H12N4O3. The molecule has 0 atom stereocenters. The average molecular weight is 284 g/mol. The lowest BCUT2D eigenvalue weighted by Gasteiger charge is -2.04. The molecule has 0 saturated heterocycles. The minimum Gasteiger partial charge on any atom is -0.317 e. The number of H-pyrrole nitrogens is 1. The molecule has 0 radical (unpaired) electrons. The fourth-order valence-corrected chi connectivity index (χ4v) is 2.18. The summed E-state index contributed by atoms with van der Waals surface area (Å²) in [4.78, 5) is 41.8. The number of carbonyl (C=O) groups is 1. The van der Waals surface area contributed by atoms with E-state index < -0.39 is 11.2 Å². The lowest BCUT2D eigenvalue weighted by Crippen LogP contribution is -2.29. The minimum atomic E-state index is -0.550. The van der Waals surface area contributed by atoms with E-state index in [-0.39, 0.29) is 23.5 Å². The lowest BCUT2D eigenvalue weighted by molar-refractivity contribution is 0.0973. The van der Waals surface area contributed by atoms with Crippen LogP contribution in [-0.4, -0.2) is 24.9 Å². The molecule has 0 aliphatic rings. The van der Waals surface area contributed by atoms with Gasteiger partial charge in [-0.3, -0.25) is 19.1 Å². The van der Waals surface area contributed by atoms with Crippen molar-refractivity contribution in [3.63, 3.8) is 0 Å². The van der Waals surface area contributed by atoms with E-state index in [2.05, 4.69) is 9.97 Å². The van der Waals surface area contributed by atoms with Crippen LogP contribution in [0.15, 0.2) is 46.2 Å². The summed E-state index contributed by atoms with van der Waals surface area (Å²) in [6.07, 6.45) is 1.39. The molecule has 21 heavy (non-hydrogen) atoms. The predicted octanol–water partition coefficient (Wildman–Crippen LogP) is 0.306. The molecule has 0 aliphatic carbocycles. The van der Waals surface area contributed by atoms with Crippen LogP contribution in [0.1, 0.15) is 10.4 Å². The number of aromatic amines is 1. The van der Waals surface area contributed by atoms with Crippen LogP contribution < -0.4 is 11.2 Å². The number of Topliss-reactive ketones (excluding diaryl/α,β-unsaturated/α-hetero) is 1. The minimum absolute atomic E-state index is 0.0121. The molecule has 3 aromatic rings. The highest BCUT2D eigenvalue weighted by Gasteiger charge is 2.14. The van der Waals surface area contributed by atoms with Gasteiger partial charge < -0.3 is 4.57 Å². The highest BCUT2D eigenvalue weighted by Crippen LogP contribution is 2.08. The number of nitrogens with one attached hydrogen (secondary N) is 1. The van der Waals surface area contributed by atoms with Crippen molar-refractivity contribution in [1.29, 1.82) is 0 Å². The van der Waals surface area contributed by atoms with Gasteiger partial charge in [0.15, 0.2) is 16.9 Å². The van der Waals surface area contributed by atoms with Crippen LogP contribution in [0.2, 0.25) is 0 Å². The largest absolute Gasteiger partial charge is 0.329 e. The van der Waals surface area contributed by atoms with Gasteiger partial charge >= 0.3 is 5.69 Å². The molecule has 0 aliphatic heterocycles. The van der Waals surface area contributed by atoms with Crippen molar-refractivity contribution in [2.45, 2.75) is 6.54 Å². The average Bonchev–Trinajstić information content (AvgIpc) is 2.90. The smallest absolute Gasteiger partial charge is 0.317 e. The predicted molar refractivity (Wildman–Crippen MR) is 76.4 cm³/mol. The number of ketones is 1. The highest BCUT2D eigenvalue weighted by atomic mass is 16.2. The van der Waals surface area contributed by atoms with E-state index in [1.165, 1.54) is 22.5 Å². The summed E-state index contributed by atoms with van der Waals surface area (Å²) in [5, 5.41) is 0. The Balaban J connectivity index is 2.07. The second kappa shape index (κ2) is 4.86. The van der Waals surface area contributed by atoms with E-state index in [4.69, 9.17) is 0 Å². The van der Waals surface area contributed by atoms with E-state index in [9.17, 15) is 14.4 Å². The SMILES string of the molecule is Cn1c(=O)[nH]c(=O)c2c1ncn2CC(=O)c1ccccc1. The fraction of sp³-hybridized carbons (Fsp3) is 0.143. The van der Waals surface area contributed by atoms with Gasteiger partial charge in [0.2, 0.25) is 0 Å². The monoisotopic (exact) mass is 284 g/mol. The lowest BCUT2D eigenvalue weighted by atomic mass is 10.1. The van der Waals surface area contributed by atoms with E-state index in [1.807, 2.05) is 6.07 Å². The topological polar surface area (TPSA) is 89.8 Å². The number of fused-ring (bicyclic) bond motifs is 1. The molecule has 1 aromatic carbocycles. The number of imidazole rings is 1. The van der Waals surface area contributed by atoms with Crippen LogP contribution >= 0.6 is 0 Å². The molecular weight excluding hydrogens is 272 g/mol. The third kappa shape index (κ3) is 2.18. The Morgan fingerprint density at radius 3 is 2.67 bits per heavy atom. The zero-order valence-corrected chi connectivity index (χ0v) is 11.2. The number of hydrogen-bond donors (Lipinski definition) is 1. The fourth-order valence-electron chi connectivity index (χ4n) is 2.18. The van der Waals surface area contributed by atoms with Gasteiger partial charge in [0.1, 0.15) is 0 Å². The van der Waals surface area contributed by atoms with Crippen LogP contribution in [0, 0.1) is 0 Å². The summed E-state index contributed by atoms with van der Waals surface area (Å²) in [5.41, 5.74) is -0.0646. The standard InChI is InChI=1S/C14H12N4O3/c1-17-12-11(13(20)16-14(17)21)18(8-15-12)7-10(19)9-5-3-2-4-6-9/h2-6,8H,7H2,1H3,(H,16,20,21). The third-order valence-corrected chi connectivity index (χ3v) is 3.29. The van der Waals surface area contributed by atoms with Crippen LogP contribution in [0.25, 0.3) is 11.2 Å². The zero-order valence-electron chi connectivity index (χ0n) is 11.2. The summed E-state index contributed by atoms with van der Waals surface area (Å²) < 4.78 is 2.68. The Morgan fingerprint density at radius 1 is 1.24 bits per heavy atom. The summed E-state index contributed by atoms with van der Waals surface area (Å²) in [6.45, 7) is -0.0121. The number of carbonyl (C=O) groups excluding carboxylic acids is 1. The molecule has 2 aromatic heterocycles. The number of hydrogen-bond acceptors (Lipinski definition) is 4. The van der Waals surface area contributed by atoms with Gasteiger partial charge in [0.05, 0.1) is 12.9 Å². The summed E-state index contributed by atoms with van der Waals surface area (Å²) in [5.74, 6) is -0.136. The molecule has 2 heterocycles. The molecule has 3 rings (SSSR count). The quantitative estimate of drug-likeness (QED) is 0.701. The molecule has 1 N–H and O–H groups in total. The van der Waals surface area contributed by atoms with Gasteiger partial charge in [0, 0.05) is 12.6 Å². The summed E-state index contributed by atoms with van der Waals surface area (Å²) in [6, 6.07) is 8.79. The summed E-state index contributed by atoms with van der Waals surface area (Å²) >= 11 is 0. The molecule has 0 bridgehead atoms. The normalized spacial score (nSPS) is 10.9. The molecule has 106 valence electrons. The Hall–Kier alpha value is -2.96. The molecule has 0 unspecified atom stereocenters. The maximum atomic E-state index is 12.2. The number of aryl methyl sites for hydroxylation is 1. The van der Waals surface area contributed by atoms with E-state index >= 15 is 0 Å². The number of benzene rings is 1. The van der Waals surface area contributed by atoms with Crippen molar-refractivity contribution in [3.8, 4) is 0 Å². The molecule has 0 saturated carbocycles. The first kappa shape index (κ1) is 13.0. The molecule has 0 fully saturated rings. The first-order chi connectivity index (χ1) is 10.1. The third-order valence-electron chi connectivity index (χ3n) is 3.29. The van der Waals surface area contributed by atoms with Crippen LogP contribution in [0.4, 0.5) is 0 Å². The number of aromatic nitrogens is 4. The second-order valence-electron chi connectivity index (χ2n) is 4.65. The number of nitrogens with zero attached hydrogens (tertiary/aromatic N) is 3. The Kier molecular flexibility index (Phi) is 3.02. The summed E-state index contributed by atoms with van der Waals surface area (Å²) in [7, 11) is 1.51. The van der Waals surface area contributed by atoms with Crippen molar-refractivity contribution >= 4 is 16.9 Å². The van der Waals surface area contributed by atoms with E-state index in [1.54, 1.807) is 24.3 Å². The van der Waals surface area contributed by atoms with Gasteiger partial charge in [-0.2, -0.15) is 0 Å². The van der Waals surface area contributed by atoms with E-state index in [0.29, 0.717) is 5.56 Å². The van der Waals surface area contributed by atoms with Gasteiger partial charge in [0.25, 0.3) is 5.56 Å². The van der Waals surface area contributed by atoms with Gasteiger partial charge in [-0.15, -0.1) is 0 Å². The maximum Gasteiger partial charge on any atom is 0.329 e.